The Morgan fingerprint density at radius 3 is 2.67 bits per heavy atom. The molecule has 1 aliphatic heterocycles. The first-order chi connectivity index (χ1) is 9.97. The molecule has 1 aromatic carbocycles. The van der Waals surface area contributed by atoms with Crippen LogP contribution in [0.3, 0.4) is 0 Å². The summed E-state index contributed by atoms with van der Waals surface area (Å²) in [6.07, 6.45) is 5.92. The van der Waals surface area contributed by atoms with E-state index in [9.17, 15) is 9.18 Å². The predicted molar refractivity (Wildman–Crippen MR) is 81.4 cm³/mol. The van der Waals surface area contributed by atoms with Crippen molar-refractivity contribution in [3.05, 3.63) is 41.2 Å². The number of nitrogens with zero attached hydrogens (tertiary/aromatic N) is 1. The van der Waals surface area contributed by atoms with Gasteiger partial charge < -0.3 is 5.11 Å². The summed E-state index contributed by atoms with van der Waals surface area (Å²) < 4.78 is 13.7. The number of halogens is 1. The third-order valence-electron chi connectivity index (χ3n) is 4.21. The Morgan fingerprint density at radius 2 is 2.05 bits per heavy atom. The van der Waals surface area contributed by atoms with Crippen molar-refractivity contribution in [3.63, 3.8) is 0 Å². The molecule has 1 aliphatic rings. The normalized spacial score (nSPS) is 23.6. The molecule has 2 rings (SSSR count). The zero-order valence-corrected chi connectivity index (χ0v) is 12.6. The van der Waals surface area contributed by atoms with Gasteiger partial charge in [-0.1, -0.05) is 12.5 Å². The minimum atomic E-state index is -1.07. The van der Waals surface area contributed by atoms with Crippen LogP contribution >= 0.6 is 0 Å². The van der Waals surface area contributed by atoms with E-state index >= 15 is 0 Å². The highest BCUT2D eigenvalue weighted by Gasteiger charge is 2.24. The lowest BCUT2D eigenvalue weighted by Crippen LogP contribution is -2.42. The number of carbonyl (C=O) groups is 1. The molecule has 114 valence electrons. The van der Waals surface area contributed by atoms with Crippen LogP contribution in [-0.4, -0.2) is 28.1 Å². The van der Waals surface area contributed by atoms with Gasteiger partial charge in [-0.2, -0.15) is 0 Å². The molecule has 0 aliphatic carbocycles. The van der Waals surface area contributed by atoms with E-state index in [1.54, 1.807) is 12.1 Å². The van der Waals surface area contributed by atoms with Crippen molar-refractivity contribution in [2.24, 2.45) is 0 Å². The molecule has 1 aromatic rings. The van der Waals surface area contributed by atoms with Crippen LogP contribution in [0.5, 0.6) is 0 Å². The fourth-order valence-corrected chi connectivity index (χ4v) is 2.98. The number of carboxylic acids is 1. The van der Waals surface area contributed by atoms with E-state index in [1.807, 2.05) is 0 Å². The molecule has 1 heterocycles. The predicted octanol–water partition coefficient (Wildman–Crippen LogP) is 3.69. The number of hydrogen-bond acceptors (Lipinski definition) is 2. The number of piperidine rings is 1. The van der Waals surface area contributed by atoms with Gasteiger partial charge in [0.1, 0.15) is 5.82 Å². The largest absolute Gasteiger partial charge is 0.478 e. The monoisotopic (exact) mass is 291 g/mol. The van der Waals surface area contributed by atoms with Crippen LogP contribution in [0.4, 0.5) is 4.39 Å². The molecule has 1 saturated heterocycles. The molecule has 1 fully saturated rings. The summed E-state index contributed by atoms with van der Waals surface area (Å²) in [5, 5.41) is 8.65. The fraction of sp³-hybridized carbons (Fsp3) is 0.471. The summed E-state index contributed by atoms with van der Waals surface area (Å²) in [6.45, 7) is 5.23. The van der Waals surface area contributed by atoms with Crippen LogP contribution in [0.1, 0.15) is 44.2 Å². The number of rotatable bonds is 4. The molecule has 0 radical (unpaired) electrons. The lowest BCUT2D eigenvalue weighted by atomic mass is 9.96. The van der Waals surface area contributed by atoms with Gasteiger partial charge in [0.05, 0.1) is 0 Å². The summed E-state index contributed by atoms with van der Waals surface area (Å²) >= 11 is 0. The van der Waals surface area contributed by atoms with Crippen LogP contribution in [0.15, 0.2) is 24.3 Å². The topological polar surface area (TPSA) is 40.5 Å². The third-order valence-corrected chi connectivity index (χ3v) is 4.21. The average molecular weight is 291 g/mol. The maximum atomic E-state index is 13.7. The van der Waals surface area contributed by atoms with E-state index < -0.39 is 11.8 Å². The Kier molecular flexibility index (Phi) is 5.12. The van der Waals surface area contributed by atoms with Crippen molar-refractivity contribution in [1.82, 2.24) is 4.90 Å². The number of aliphatic carboxylic acids is 1. The van der Waals surface area contributed by atoms with E-state index in [4.69, 9.17) is 5.11 Å². The zero-order chi connectivity index (χ0) is 15.4. The molecule has 1 N–H and O–H groups in total. The molecular formula is C17H22FNO2. The highest BCUT2D eigenvalue weighted by atomic mass is 19.1. The highest BCUT2D eigenvalue weighted by molar-refractivity contribution is 5.85. The first kappa shape index (κ1) is 15.7. The lowest BCUT2D eigenvalue weighted by molar-refractivity contribution is -0.131. The highest BCUT2D eigenvalue weighted by Crippen LogP contribution is 2.25. The molecule has 3 nitrogen and oxygen atoms in total. The molecule has 0 bridgehead atoms. The zero-order valence-electron chi connectivity index (χ0n) is 12.6. The Labute approximate surface area is 125 Å². The van der Waals surface area contributed by atoms with Crippen LogP contribution in [0, 0.1) is 5.82 Å². The van der Waals surface area contributed by atoms with Gasteiger partial charge >= 0.3 is 5.97 Å². The van der Waals surface area contributed by atoms with Crippen molar-refractivity contribution in [2.75, 3.05) is 0 Å². The summed E-state index contributed by atoms with van der Waals surface area (Å²) in [5.41, 5.74) is 1.34. The van der Waals surface area contributed by atoms with Gasteiger partial charge in [-0.25, -0.2) is 9.18 Å². The van der Waals surface area contributed by atoms with E-state index in [2.05, 4.69) is 18.7 Å². The average Bonchev–Trinajstić information content (AvgIpc) is 2.43. The Balaban J connectivity index is 2.16. The second-order valence-electron chi connectivity index (χ2n) is 5.83. The number of carboxylic acid groups (broad SMARTS) is 1. The van der Waals surface area contributed by atoms with Gasteiger partial charge in [-0.05, 0) is 50.5 Å². The van der Waals surface area contributed by atoms with Gasteiger partial charge in [-0.3, -0.25) is 4.90 Å². The van der Waals surface area contributed by atoms with Crippen LogP contribution in [0.25, 0.3) is 6.08 Å². The first-order valence-corrected chi connectivity index (χ1v) is 7.42. The third kappa shape index (κ3) is 4.14. The van der Waals surface area contributed by atoms with Crippen molar-refractivity contribution < 1.29 is 14.3 Å². The minimum Gasteiger partial charge on any atom is -0.478 e. The number of hydrogen-bond donors (Lipinski definition) is 1. The molecule has 4 heteroatoms. The lowest BCUT2D eigenvalue weighted by Gasteiger charge is -2.39. The van der Waals surface area contributed by atoms with Crippen molar-refractivity contribution in [3.8, 4) is 0 Å². The number of benzene rings is 1. The van der Waals surface area contributed by atoms with Crippen LogP contribution < -0.4 is 0 Å². The molecule has 0 aromatic heterocycles. The smallest absolute Gasteiger partial charge is 0.328 e. The molecular weight excluding hydrogens is 269 g/mol. The fourth-order valence-electron chi connectivity index (χ4n) is 2.98. The second kappa shape index (κ2) is 6.85. The van der Waals surface area contributed by atoms with Gasteiger partial charge in [0.25, 0.3) is 0 Å². The van der Waals surface area contributed by atoms with Crippen LogP contribution in [-0.2, 0) is 11.3 Å². The van der Waals surface area contributed by atoms with Gasteiger partial charge in [-0.15, -0.1) is 0 Å². The first-order valence-electron chi connectivity index (χ1n) is 7.42. The van der Waals surface area contributed by atoms with Crippen molar-refractivity contribution in [1.29, 1.82) is 0 Å². The maximum absolute atomic E-state index is 13.7. The maximum Gasteiger partial charge on any atom is 0.328 e. The molecule has 0 saturated carbocycles. The Hall–Kier alpha value is -1.68. The van der Waals surface area contributed by atoms with Crippen molar-refractivity contribution >= 4 is 12.0 Å². The SMILES string of the molecule is C[C@@H]1CCC[C@H](C)N1Cc1ccc(F)c(/C=C/C(=O)O)c1. The standard InChI is InChI=1S/C17H22FNO2/c1-12-4-3-5-13(2)19(12)11-14-6-8-16(18)15(10-14)7-9-17(20)21/h6-10,12-13H,3-5,11H2,1-2H3,(H,20,21)/b9-7+/t12-,13+. The molecule has 21 heavy (non-hydrogen) atoms. The van der Waals surface area contributed by atoms with E-state index in [0.29, 0.717) is 17.6 Å². The quantitative estimate of drug-likeness (QED) is 0.860. The number of likely N-dealkylation sites (tertiary alicyclic amines) is 1. The minimum absolute atomic E-state index is 0.326. The molecule has 2 atom stereocenters. The van der Waals surface area contributed by atoms with Gasteiger partial charge in [0.2, 0.25) is 0 Å². The van der Waals surface area contributed by atoms with E-state index in [-0.39, 0.29) is 0 Å². The molecule has 0 spiro atoms. The van der Waals surface area contributed by atoms with Gasteiger partial charge in [0.15, 0.2) is 0 Å². The van der Waals surface area contributed by atoms with Crippen LogP contribution in [0.2, 0.25) is 0 Å². The van der Waals surface area contributed by atoms with Gasteiger partial charge in [0, 0.05) is 30.3 Å². The summed E-state index contributed by atoms with van der Waals surface area (Å²) in [4.78, 5) is 13.0. The molecule has 0 unspecified atom stereocenters. The second-order valence-corrected chi connectivity index (χ2v) is 5.83. The van der Waals surface area contributed by atoms with E-state index in [0.717, 1.165) is 18.2 Å². The summed E-state index contributed by atoms with van der Waals surface area (Å²) in [7, 11) is 0. The van der Waals surface area contributed by atoms with Crippen molar-refractivity contribution in [2.45, 2.75) is 51.7 Å². The summed E-state index contributed by atoms with van der Waals surface area (Å²) in [5.74, 6) is -1.46. The molecule has 0 amide bonds. The Bertz CT molecular complexity index is 532. The summed E-state index contributed by atoms with van der Waals surface area (Å²) in [6, 6.07) is 5.98. The Morgan fingerprint density at radius 1 is 1.38 bits per heavy atom. The van der Waals surface area contributed by atoms with E-state index in [1.165, 1.54) is 31.4 Å².